The van der Waals surface area contributed by atoms with Crippen LogP contribution in [0.25, 0.3) is 15.9 Å². The Balaban J connectivity index is 1.34. The van der Waals surface area contributed by atoms with E-state index in [1.807, 2.05) is 49.0 Å². The number of aromatic amines is 1. The summed E-state index contributed by atoms with van der Waals surface area (Å²) in [5.74, 6) is -1.21. The van der Waals surface area contributed by atoms with Crippen LogP contribution in [0.4, 0.5) is 0 Å². The Labute approximate surface area is 235 Å². The molecule has 4 heterocycles. The fourth-order valence-corrected chi connectivity index (χ4v) is 5.82. The summed E-state index contributed by atoms with van der Waals surface area (Å²) in [5, 5.41) is 11.3. The van der Waals surface area contributed by atoms with Crippen molar-refractivity contribution in [1.29, 1.82) is 0 Å². The molecule has 0 radical (unpaired) electrons. The van der Waals surface area contributed by atoms with E-state index in [1.165, 1.54) is 11.3 Å². The van der Waals surface area contributed by atoms with Crippen molar-refractivity contribution in [3.05, 3.63) is 59.0 Å². The maximum Gasteiger partial charge on any atom is 0.272 e. The van der Waals surface area contributed by atoms with E-state index in [2.05, 4.69) is 25.9 Å². The highest BCUT2D eigenvalue weighted by Crippen LogP contribution is 2.20. The maximum atomic E-state index is 13.6. The molecule has 1 fully saturated rings. The number of hydrogen-bond donors (Lipinski definition) is 4. The minimum Gasteiger partial charge on any atom is -0.361 e. The van der Waals surface area contributed by atoms with E-state index in [0.717, 1.165) is 21.4 Å². The van der Waals surface area contributed by atoms with E-state index < -0.39 is 18.0 Å². The van der Waals surface area contributed by atoms with E-state index in [-0.39, 0.29) is 30.6 Å². The number of nitrogens with zero attached hydrogens (tertiary/aromatic N) is 3. The first-order valence-corrected chi connectivity index (χ1v) is 14.3. The normalized spacial score (nSPS) is 20.1. The summed E-state index contributed by atoms with van der Waals surface area (Å²) in [5.41, 5.74) is 3.00. The molecule has 40 heavy (non-hydrogen) atoms. The van der Waals surface area contributed by atoms with Crippen LogP contribution in [0.5, 0.6) is 0 Å². The molecule has 1 saturated heterocycles. The van der Waals surface area contributed by atoms with Crippen molar-refractivity contribution in [2.75, 3.05) is 19.6 Å². The first-order chi connectivity index (χ1) is 19.3. The number of aromatic nitrogens is 3. The summed E-state index contributed by atoms with van der Waals surface area (Å²) in [6.07, 6.45) is 5.07. The number of nitrogens with one attached hydrogen (secondary N) is 4. The Morgan fingerprint density at radius 3 is 2.75 bits per heavy atom. The van der Waals surface area contributed by atoms with Gasteiger partial charge in [0.2, 0.25) is 17.7 Å². The molecule has 0 unspecified atom stereocenters. The zero-order valence-electron chi connectivity index (χ0n) is 22.5. The van der Waals surface area contributed by atoms with Gasteiger partial charge in [-0.25, -0.2) is 4.98 Å². The zero-order valence-corrected chi connectivity index (χ0v) is 23.3. The number of fused-ring (bicyclic) bond motifs is 2. The lowest BCUT2D eigenvalue weighted by atomic mass is 10.0. The summed E-state index contributed by atoms with van der Waals surface area (Å²) in [4.78, 5) is 62.6. The number of aryl methyl sites for hydroxylation is 1. The highest BCUT2D eigenvalue weighted by molar-refractivity contribution is 7.15. The number of benzene rings is 1. The van der Waals surface area contributed by atoms with Gasteiger partial charge in [0.05, 0.1) is 5.69 Å². The molecule has 1 aliphatic heterocycles. The molecule has 1 aromatic carbocycles. The van der Waals surface area contributed by atoms with Gasteiger partial charge in [0, 0.05) is 61.2 Å². The molecule has 3 aromatic heterocycles. The van der Waals surface area contributed by atoms with Crippen molar-refractivity contribution in [3.63, 3.8) is 0 Å². The van der Waals surface area contributed by atoms with Crippen molar-refractivity contribution in [2.24, 2.45) is 0 Å². The number of hydrogen-bond acceptors (Lipinski definition) is 6. The molecule has 0 saturated carbocycles. The van der Waals surface area contributed by atoms with Crippen LogP contribution in [0, 0.1) is 6.92 Å². The van der Waals surface area contributed by atoms with Gasteiger partial charge < -0.3 is 25.8 Å². The standard InChI is InChI=1S/C28H33N7O4S/c1-17-24(35-13-14-40-28(35)32-17)27(39)34-11-5-9-23(36)31-18(2)25(37)33-22(26(38)29-10-6-12-34)15-19-16-30-21-8-4-3-7-20(19)21/h3-4,7-8,13-14,16,18,22,30H,5-6,9-12,15H2,1-2H3,(H,29,38)(H,31,36)(H,33,37)/t18-,22+/m0/s1. The van der Waals surface area contributed by atoms with Crippen molar-refractivity contribution in [1.82, 2.24) is 35.2 Å². The predicted octanol–water partition coefficient (Wildman–Crippen LogP) is 2.16. The van der Waals surface area contributed by atoms with E-state index in [1.54, 1.807) is 16.2 Å². The number of H-pyrrole nitrogens is 1. The first-order valence-electron chi connectivity index (χ1n) is 13.5. The van der Waals surface area contributed by atoms with Crippen molar-refractivity contribution in [2.45, 2.75) is 51.6 Å². The number of para-hydroxylation sites is 1. The van der Waals surface area contributed by atoms with Gasteiger partial charge in [-0.05, 0) is 38.3 Å². The lowest BCUT2D eigenvalue weighted by Gasteiger charge is -2.23. The second kappa shape index (κ2) is 11.9. The highest BCUT2D eigenvalue weighted by atomic mass is 32.1. The Bertz CT molecular complexity index is 1550. The summed E-state index contributed by atoms with van der Waals surface area (Å²) >= 11 is 1.46. The van der Waals surface area contributed by atoms with Crippen LogP contribution in [-0.4, -0.2) is 74.6 Å². The Hall–Kier alpha value is -4.19. The average Bonchev–Trinajstić information content (AvgIpc) is 3.63. The van der Waals surface area contributed by atoms with E-state index in [9.17, 15) is 19.2 Å². The topological polar surface area (TPSA) is 141 Å². The summed E-state index contributed by atoms with van der Waals surface area (Å²) in [7, 11) is 0. The molecule has 0 aliphatic carbocycles. The molecular weight excluding hydrogens is 530 g/mol. The third-order valence-electron chi connectivity index (χ3n) is 7.16. The van der Waals surface area contributed by atoms with Gasteiger partial charge in [-0.3, -0.25) is 23.6 Å². The minimum absolute atomic E-state index is 0.163. The first kappa shape index (κ1) is 27.4. The number of carbonyl (C=O) groups is 4. The fraction of sp³-hybridized carbons (Fsp3) is 0.393. The zero-order chi connectivity index (χ0) is 28.2. The molecule has 4 amide bonds. The third kappa shape index (κ3) is 5.86. The largest absolute Gasteiger partial charge is 0.361 e. The number of rotatable bonds is 3. The monoisotopic (exact) mass is 563 g/mol. The third-order valence-corrected chi connectivity index (χ3v) is 7.92. The molecule has 11 nitrogen and oxygen atoms in total. The van der Waals surface area contributed by atoms with Crippen LogP contribution in [-0.2, 0) is 20.8 Å². The molecule has 1 aliphatic rings. The van der Waals surface area contributed by atoms with E-state index in [4.69, 9.17) is 0 Å². The van der Waals surface area contributed by atoms with Crippen molar-refractivity contribution >= 4 is 50.8 Å². The highest BCUT2D eigenvalue weighted by Gasteiger charge is 2.27. The van der Waals surface area contributed by atoms with Crippen LogP contribution in [0.2, 0.25) is 0 Å². The molecule has 210 valence electrons. The molecule has 4 N–H and O–H groups in total. The lowest BCUT2D eigenvalue weighted by Crippen LogP contribution is -2.53. The van der Waals surface area contributed by atoms with Crippen molar-refractivity contribution in [3.8, 4) is 0 Å². The Morgan fingerprint density at radius 1 is 1.10 bits per heavy atom. The maximum absolute atomic E-state index is 13.6. The van der Waals surface area contributed by atoms with E-state index in [0.29, 0.717) is 43.9 Å². The number of amides is 4. The predicted molar refractivity (Wildman–Crippen MR) is 152 cm³/mol. The smallest absolute Gasteiger partial charge is 0.272 e. The van der Waals surface area contributed by atoms with Gasteiger partial charge >= 0.3 is 0 Å². The molecule has 12 heteroatoms. The van der Waals surface area contributed by atoms with Crippen LogP contribution in [0.15, 0.2) is 42.0 Å². The summed E-state index contributed by atoms with van der Waals surface area (Å²) in [6, 6.07) is 6.11. The van der Waals surface area contributed by atoms with Crippen LogP contribution in [0.1, 0.15) is 47.9 Å². The SMILES string of the molecule is Cc1nc2sccn2c1C(=O)N1CCCNC(=O)[C@@H](Cc2c[nH]c3ccccc23)NC(=O)[C@H](C)NC(=O)CCC1. The van der Waals surface area contributed by atoms with Gasteiger partial charge in [-0.15, -0.1) is 11.3 Å². The Morgan fingerprint density at radius 2 is 1.90 bits per heavy atom. The number of imidazole rings is 1. The Kier molecular flexibility index (Phi) is 8.15. The number of carbonyl (C=O) groups excluding carboxylic acids is 4. The molecule has 0 spiro atoms. The van der Waals surface area contributed by atoms with Crippen LogP contribution < -0.4 is 16.0 Å². The average molecular weight is 564 g/mol. The lowest BCUT2D eigenvalue weighted by molar-refractivity contribution is -0.131. The quantitative estimate of drug-likeness (QED) is 0.302. The van der Waals surface area contributed by atoms with Gasteiger partial charge in [-0.2, -0.15) is 0 Å². The minimum atomic E-state index is -0.838. The van der Waals surface area contributed by atoms with E-state index >= 15 is 0 Å². The van der Waals surface area contributed by atoms with Crippen LogP contribution >= 0.6 is 11.3 Å². The second-order valence-corrected chi connectivity index (χ2v) is 10.9. The molecule has 4 aromatic rings. The van der Waals surface area contributed by atoms with Gasteiger partial charge in [0.25, 0.3) is 5.91 Å². The summed E-state index contributed by atoms with van der Waals surface area (Å²) in [6.45, 7) is 4.49. The fourth-order valence-electron chi connectivity index (χ4n) is 5.06. The van der Waals surface area contributed by atoms with Crippen LogP contribution in [0.3, 0.4) is 0 Å². The number of thiazole rings is 1. The van der Waals surface area contributed by atoms with Gasteiger partial charge in [0.15, 0.2) is 4.96 Å². The van der Waals surface area contributed by atoms with Gasteiger partial charge in [-0.1, -0.05) is 18.2 Å². The van der Waals surface area contributed by atoms with Gasteiger partial charge in [0.1, 0.15) is 17.8 Å². The molecule has 2 atom stereocenters. The van der Waals surface area contributed by atoms with Crippen molar-refractivity contribution < 1.29 is 19.2 Å². The molecule has 0 bridgehead atoms. The molecule has 5 rings (SSSR count). The second-order valence-electron chi connectivity index (χ2n) is 10.1. The molecular formula is C28H33N7O4S. The summed E-state index contributed by atoms with van der Waals surface area (Å²) < 4.78 is 1.79.